The number of aliphatic hydroxyl groups excluding tert-OH is 1. The second kappa shape index (κ2) is 9.39. The van der Waals surface area contributed by atoms with Gasteiger partial charge < -0.3 is 20.0 Å². The zero-order valence-corrected chi connectivity index (χ0v) is 19.5. The van der Waals surface area contributed by atoms with Gasteiger partial charge >= 0.3 is 6.03 Å². The lowest BCUT2D eigenvalue weighted by Crippen LogP contribution is -2.53. The molecule has 0 radical (unpaired) electrons. The van der Waals surface area contributed by atoms with Crippen LogP contribution < -0.4 is 4.90 Å². The van der Waals surface area contributed by atoms with E-state index in [2.05, 4.69) is 34.9 Å². The Labute approximate surface area is 194 Å². The van der Waals surface area contributed by atoms with Crippen molar-refractivity contribution in [1.82, 2.24) is 19.6 Å². The van der Waals surface area contributed by atoms with Crippen molar-refractivity contribution in [2.45, 2.75) is 51.0 Å². The van der Waals surface area contributed by atoms with E-state index in [1.807, 2.05) is 12.1 Å². The van der Waals surface area contributed by atoms with Crippen molar-refractivity contribution in [3.63, 3.8) is 0 Å². The fourth-order valence-electron chi connectivity index (χ4n) is 4.72. The molecular weight excluding hydrogens is 430 g/mol. The number of nitrogens with zero attached hydrogens (tertiary/aromatic N) is 5. The van der Waals surface area contributed by atoms with Gasteiger partial charge in [-0.05, 0) is 57.4 Å². The number of aliphatic hydroxyl groups is 2. The van der Waals surface area contributed by atoms with Crippen LogP contribution >= 0.6 is 11.6 Å². The smallest absolute Gasteiger partial charge is 0.344 e. The summed E-state index contributed by atoms with van der Waals surface area (Å²) in [7, 11) is 2.15. The maximum absolute atomic E-state index is 12.8. The van der Waals surface area contributed by atoms with Crippen LogP contribution in [-0.2, 0) is 6.54 Å². The Kier molecular flexibility index (Phi) is 6.76. The van der Waals surface area contributed by atoms with Crippen molar-refractivity contribution in [1.29, 1.82) is 0 Å². The van der Waals surface area contributed by atoms with Gasteiger partial charge in [-0.25, -0.2) is 4.79 Å². The Morgan fingerprint density at radius 2 is 1.88 bits per heavy atom. The van der Waals surface area contributed by atoms with E-state index in [-0.39, 0.29) is 17.3 Å². The number of hydrogen-bond donors (Lipinski definition) is 2. The average Bonchev–Trinajstić information content (AvgIpc) is 3.46. The van der Waals surface area contributed by atoms with Gasteiger partial charge in [0, 0.05) is 44.5 Å². The molecule has 0 unspecified atom stereocenters. The van der Waals surface area contributed by atoms with E-state index in [9.17, 15) is 15.0 Å². The third-order valence-electron chi connectivity index (χ3n) is 7.00. The zero-order chi connectivity index (χ0) is 22.9. The number of likely N-dealkylation sites (tertiary alicyclic amines) is 1. The lowest BCUT2D eigenvalue weighted by molar-refractivity contribution is -0.0460. The fraction of sp³-hybridized carbons (Fsp3) is 0.565. The molecular formula is C23H32ClN5O3. The molecule has 2 fully saturated rings. The van der Waals surface area contributed by atoms with Crippen molar-refractivity contribution in [3.8, 4) is 0 Å². The first-order chi connectivity index (χ1) is 15.3. The minimum Gasteiger partial charge on any atom is -0.370 e. The molecule has 0 atom stereocenters. The predicted octanol–water partition coefficient (Wildman–Crippen LogP) is 3.07. The van der Waals surface area contributed by atoms with Gasteiger partial charge in [0.25, 0.3) is 0 Å². The number of carbonyl (C=O) groups excluding carboxylic acids is 1. The monoisotopic (exact) mass is 461 g/mol. The van der Waals surface area contributed by atoms with Crippen LogP contribution in [-0.4, -0.2) is 74.6 Å². The average molecular weight is 462 g/mol. The largest absolute Gasteiger partial charge is 0.370 e. The van der Waals surface area contributed by atoms with E-state index < -0.39 is 6.29 Å². The number of aromatic nitrogens is 2. The lowest BCUT2D eigenvalue weighted by Gasteiger charge is -2.45. The highest BCUT2D eigenvalue weighted by Gasteiger charge is 2.36. The number of para-hydroxylation sites is 1. The Morgan fingerprint density at radius 3 is 2.50 bits per heavy atom. The summed E-state index contributed by atoms with van der Waals surface area (Å²) in [5.41, 5.74) is 2.43. The summed E-state index contributed by atoms with van der Waals surface area (Å²) in [5, 5.41) is 23.2. The molecule has 32 heavy (non-hydrogen) atoms. The number of rotatable bonds is 5. The van der Waals surface area contributed by atoms with Crippen LogP contribution in [0.5, 0.6) is 0 Å². The highest BCUT2D eigenvalue weighted by molar-refractivity contribution is 6.33. The summed E-state index contributed by atoms with van der Waals surface area (Å²) < 4.78 is 1.18. The fourth-order valence-corrected chi connectivity index (χ4v) is 5.03. The standard InChI is InChI=1S/C23H32ClN5O3/c1-23(9-14-28(15-10-23)22(32)29-13-8-19(25-29)21(30)31)26(2)16-17-6-5-7-18(24)20(17)27-11-3-4-12-27/h5-8,13,21,30-31H,3-4,9-12,14-16H2,1-2H3. The van der Waals surface area contributed by atoms with E-state index in [4.69, 9.17) is 11.6 Å². The van der Waals surface area contributed by atoms with Crippen LogP contribution in [0.15, 0.2) is 30.5 Å². The number of hydrogen-bond acceptors (Lipinski definition) is 6. The molecule has 1 amide bonds. The lowest BCUT2D eigenvalue weighted by atomic mass is 9.87. The van der Waals surface area contributed by atoms with Crippen LogP contribution in [0, 0.1) is 0 Å². The molecule has 8 nitrogen and oxygen atoms in total. The molecule has 3 heterocycles. The number of benzene rings is 1. The van der Waals surface area contributed by atoms with E-state index in [0.717, 1.165) is 43.2 Å². The molecule has 2 aliphatic rings. The molecule has 174 valence electrons. The summed E-state index contributed by atoms with van der Waals surface area (Å²) in [6, 6.07) is 7.36. The molecule has 2 aliphatic heterocycles. The van der Waals surface area contributed by atoms with Crippen LogP contribution in [0.1, 0.15) is 50.2 Å². The number of anilines is 1. The van der Waals surface area contributed by atoms with Gasteiger partial charge in [-0.2, -0.15) is 9.78 Å². The van der Waals surface area contributed by atoms with Gasteiger partial charge in [0.15, 0.2) is 6.29 Å². The summed E-state index contributed by atoms with van der Waals surface area (Å²) in [5.74, 6) is 0. The van der Waals surface area contributed by atoms with Gasteiger partial charge in [0.05, 0.1) is 10.7 Å². The topological polar surface area (TPSA) is 85.1 Å². The maximum atomic E-state index is 12.8. The highest BCUT2D eigenvalue weighted by Crippen LogP contribution is 2.35. The van der Waals surface area contributed by atoms with E-state index in [1.165, 1.54) is 35.4 Å². The van der Waals surface area contributed by atoms with Crippen molar-refractivity contribution in [2.24, 2.45) is 0 Å². The summed E-state index contributed by atoms with van der Waals surface area (Å²) >= 11 is 6.60. The molecule has 1 aromatic heterocycles. The molecule has 1 aromatic carbocycles. The SMILES string of the molecule is CN(Cc1cccc(Cl)c1N1CCCC1)C1(C)CCN(C(=O)n2ccc(C(O)O)n2)CC1. The molecule has 0 aliphatic carbocycles. The summed E-state index contributed by atoms with van der Waals surface area (Å²) in [6.45, 7) is 6.39. The molecule has 2 N–H and O–H groups in total. The molecule has 0 bridgehead atoms. The Hall–Kier alpha value is -2.13. The Balaban J connectivity index is 1.41. The first-order valence-corrected chi connectivity index (χ1v) is 11.6. The first kappa shape index (κ1) is 23.0. The summed E-state index contributed by atoms with van der Waals surface area (Å²) in [6.07, 6.45) is 3.88. The highest BCUT2D eigenvalue weighted by atomic mass is 35.5. The molecule has 2 saturated heterocycles. The van der Waals surface area contributed by atoms with Gasteiger partial charge in [-0.3, -0.25) is 4.90 Å². The van der Waals surface area contributed by atoms with Gasteiger partial charge in [-0.1, -0.05) is 23.7 Å². The van der Waals surface area contributed by atoms with Crippen LogP contribution in [0.4, 0.5) is 10.5 Å². The zero-order valence-electron chi connectivity index (χ0n) is 18.7. The van der Waals surface area contributed by atoms with Crippen molar-refractivity contribution in [2.75, 3.05) is 38.1 Å². The first-order valence-electron chi connectivity index (χ1n) is 11.2. The second-order valence-electron chi connectivity index (χ2n) is 9.12. The van der Waals surface area contributed by atoms with Gasteiger partial charge in [-0.15, -0.1) is 0 Å². The Bertz CT molecular complexity index is 949. The molecule has 4 rings (SSSR count). The number of piperidine rings is 1. The predicted molar refractivity (Wildman–Crippen MR) is 124 cm³/mol. The number of halogens is 1. The minimum atomic E-state index is -1.68. The van der Waals surface area contributed by atoms with Crippen LogP contribution in [0.3, 0.4) is 0 Å². The molecule has 0 spiro atoms. The number of amides is 1. The van der Waals surface area contributed by atoms with E-state index in [0.29, 0.717) is 13.1 Å². The normalized spacial score (nSPS) is 18.7. The number of carbonyl (C=O) groups is 1. The molecule has 0 saturated carbocycles. The quantitative estimate of drug-likeness (QED) is 0.665. The molecule has 2 aromatic rings. The van der Waals surface area contributed by atoms with Crippen molar-refractivity contribution >= 4 is 23.3 Å². The van der Waals surface area contributed by atoms with E-state index >= 15 is 0 Å². The van der Waals surface area contributed by atoms with Gasteiger partial charge in [0.2, 0.25) is 0 Å². The van der Waals surface area contributed by atoms with E-state index in [1.54, 1.807) is 4.90 Å². The third kappa shape index (κ3) is 4.64. The van der Waals surface area contributed by atoms with Gasteiger partial charge in [0.1, 0.15) is 5.69 Å². The third-order valence-corrected chi connectivity index (χ3v) is 7.31. The molecule has 9 heteroatoms. The maximum Gasteiger partial charge on any atom is 0.344 e. The van der Waals surface area contributed by atoms with Crippen LogP contribution in [0.25, 0.3) is 0 Å². The van der Waals surface area contributed by atoms with Crippen LogP contribution in [0.2, 0.25) is 5.02 Å². The van der Waals surface area contributed by atoms with Crippen molar-refractivity contribution in [3.05, 3.63) is 46.7 Å². The van der Waals surface area contributed by atoms with Crippen molar-refractivity contribution < 1.29 is 15.0 Å². The Morgan fingerprint density at radius 1 is 1.19 bits per heavy atom. The second-order valence-corrected chi connectivity index (χ2v) is 9.53. The minimum absolute atomic E-state index is 0.0437. The summed E-state index contributed by atoms with van der Waals surface area (Å²) in [4.78, 5) is 19.3.